The van der Waals surface area contributed by atoms with Gasteiger partial charge in [-0.2, -0.15) is 14.6 Å². The van der Waals surface area contributed by atoms with Gasteiger partial charge in [-0.1, -0.05) is 84.9 Å². The smallest absolute Gasteiger partial charge is 0.435 e. The third-order valence-corrected chi connectivity index (χ3v) is 10.9. The molecule has 3 N–H and O–H groups in total. The third-order valence-electron chi connectivity index (χ3n) is 10.9. The number of nitrogens with two attached hydrogens (primary N) is 1. The van der Waals surface area contributed by atoms with Crippen LogP contribution in [0.2, 0.25) is 0 Å². The highest BCUT2D eigenvalue weighted by Gasteiger charge is 2.44. The molecule has 0 saturated carbocycles. The van der Waals surface area contributed by atoms with E-state index in [1.54, 1.807) is 112 Å². The van der Waals surface area contributed by atoms with Crippen LogP contribution in [-0.2, 0) is 48.7 Å². The summed E-state index contributed by atoms with van der Waals surface area (Å²) in [7, 11) is 1.79. The maximum Gasteiger partial charge on any atom is 0.435 e. The molecule has 79 heavy (non-hydrogen) atoms. The molecule has 7 rings (SSSR count). The molecule has 0 aliphatic carbocycles. The molecule has 0 fully saturated rings. The fourth-order valence-electron chi connectivity index (χ4n) is 7.34. The first kappa shape index (κ1) is 64.2. The van der Waals surface area contributed by atoms with Crippen molar-refractivity contribution in [1.29, 1.82) is 0 Å². The van der Waals surface area contributed by atoms with Crippen LogP contribution in [0.1, 0.15) is 136 Å². The third kappa shape index (κ3) is 18.6. The van der Waals surface area contributed by atoms with E-state index in [1.807, 2.05) is 98.7 Å². The van der Waals surface area contributed by atoms with Crippen LogP contribution in [0, 0.1) is 0 Å². The van der Waals surface area contributed by atoms with E-state index >= 15 is 0 Å². The largest absolute Gasteiger partial charge is 1.00 e. The average Bonchev–Trinajstić information content (AvgIpc) is 4.06. The number of carbonyl (C=O) groups is 8. The molecule has 21 heteroatoms. The summed E-state index contributed by atoms with van der Waals surface area (Å²) in [6.07, 6.45) is 4.87. The zero-order valence-electron chi connectivity index (χ0n) is 47.1. The zero-order chi connectivity index (χ0) is 57.9. The Hall–Kier alpha value is -7.34. The number of benzene rings is 4. The number of imide groups is 2. The normalized spacial score (nSPS) is 13.8. The van der Waals surface area contributed by atoms with E-state index in [4.69, 9.17) is 24.7 Å². The number of carbonyl (C=O) groups excluding carboxylic acids is 8. The van der Waals surface area contributed by atoms with Crippen LogP contribution >= 0.6 is 0 Å². The van der Waals surface area contributed by atoms with Crippen molar-refractivity contribution in [1.82, 2.24) is 29.9 Å². The predicted octanol–water partition coefficient (Wildman–Crippen LogP) is 4.40. The minimum Gasteiger partial charge on any atom is -1.00 e. The number of hydrazine groups is 2. The molecule has 4 aromatic carbocycles. The van der Waals surface area contributed by atoms with Crippen LogP contribution in [0.25, 0.3) is 0 Å². The summed E-state index contributed by atoms with van der Waals surface area (Å²) < 4.78 is 24.8. The summed E-state index contributed by atoms with van der Waals surface area (Å²) in [5.74, 6) is -3.37. The SMILES string of the molecule is CC(C)(C)OC[C@H](N)C(=O)OC(C)(C)C.CC(C)(C)OC[C@H](NC(=O)N(Cc1ccccc1)N1C(=O)c2ccccc2C1=O)C(=O)OC(C)(C)C.C[n+]1ccn(C(=O)N(Cc2ccccc2)N2C(=O)c3ccccc3C2=O)c1.[I-]. The lowest BCUT2D eigenvalue weighted by molar-refractivity contribution is -0.670. The lowest BCUT2D eigenvalue weighted by atomic mass is 10.1. The highest BCUT2D eigenvalue weighted by molar-refractivity contribution is 6.22. The number of esters is 2. The first-order valence-electron chi connectivity index (χ1n) is 25.3. The van der Waals surface area contributed by atoms with Crippen molar-refractivity contribution in [2.45, 2.75) is 131 Å². The summed E-state index contributed by atoms with van der Waals surface area (Å²) >= 11 is 0. The van der Waals surface area contributed by atoms with Crippen molar-refractivity contribution in [2.24, 2.45) is 12.8 Å². The Labute approximate surface area is 479 Å². The van der Waals surface area contributed by atoms with Gasteiger partial charge in [-0.25, -0.2) is 29.0 Å². The second-order valence-electron chi connectivity index (χ2n) is 22.3. The number of halogens is 1. The minimum absolute atomic E-state index is 0. The number of hydrogen-bond donors (Lipinski definition) is 2. The summed E-state index contributed by atoms with van der Waals surface area (Å²) in [5, 5.41) is 6.55. The summed E-state index contributed by atoms with van der Waals surface area (Å²) in [5.41, 5.74) is 5.94. The van der Waals surface area contributed by atoms with Crippen LogP contribution in [0.15, 0.2) is 128 Å². The molecule has 0 unspecified atom stereocenters. The fourth-order valence-corrected chi connectivity index (χ4v) is 7.34. The van der Waals surface area contributed by atoms with Crippen molar-refractivity contribution < 1.29 is 85.8 Å². The van der Waals surface area contributed by atoms with E-state index in [1.165, 1.54) is 21.7 Å². The number of hydrogen-bond acceptors (Lipinski definition) is 13. The first-order chi connectivity index (χ1) is 36.3. The molecule has 3 heterocycles. The molecular formula is C58H73IN8O12. The van der Waals surface area contributed by atoms with E-state index in [9.17, 15) is 38.4 Å². The Morgan fingerprint density at radius 3 is 1.29 bits per heavy atom. The van der Waals surface area contributed by atoms with E-state index in [2.05, 4.69) is 5.32 Å². The Bertz CT molecular complexity index is 2890. The van der Waals surface area contributed by atoms with Gasteiger partial charge in [0.1, 0.15) is 29.6 Å². The number of aromatic nitrogens is 2. The van der Waals surface area contributed by atoms with Gasteiger partial charge < -0.3 is 54.0 Å². The van der Waals surface area contributed by atoms with Gasteiger partial charge in [0.25, 0.3) is 30.0 Å². The van der Waals surface area contributed by atoms with Gasteiger partial charge in [0, 0.05) is 0 Å². The number of imidazole rings is 1. The number of urea groups is 1. The Balaban J connectivity index is 0.000000275. The van der Waals surface area contributed by atoms with Crippen molar-refractivity contribution in [3.05, 3.63) is 161 Å². The Kier molecular flexibility index (Phi) is 21.9. The van der Waals surface area contributed by atoms with E-state index in [0.29, 0.717) is 16.7 Å². The van der Waals surface area contributed by atoms with Crippen LogP contribution in [0.3, 0.4) is 0 Å². The van der Waals surface area contributed by atoms with Crippen LogP contribution in [-0.4, -0.2) is 120 Å². The molecule has 2 aliphatic heterocycles. The summed E-state index contributed by atoms with van der Waals surface area (Å²) in [4.78, 5) is 103. The lowest BCUT2D eigenvalue weighted by Crippen LogP contribution is -3.00. The number of nitrogens with one attached hydrogen (secondary N) is 1. The number of fused-ring (bicyclic) bond motifs is 2. The van der Waals surface area contributed by atoms with Gasteiger partial charge in [-0.05, 0) is 118 Å². The van der Waals surface area contributed by atoms with Crippen molar-refractivity contribution in [2.75, 3.05) is 13.2 Å². The standard InChI is InChI=1S/C27H33N3O6.C20H17N4O3.C11H23NO3.HI/c1-26(2,3)35-17-21(24(33)36-27(4,5)6)28-25(34)29(16-18-12-8-7-9-13-18)30-22(31)19-14-10-11-15-20(19)23(30)32;1-21-11-12-22(14-21)20(27)23(13-15-7-3-2-4-8-15)24-18(25)16-9-5-6-10-17(16)19(24)26;1-10(2,3)14-7-8(12)9(13)15-11(4,5)6;/h7-15,21H,16-17H2,1-6H3,(H,28,34);2-12,14H,13H2,1H3;8H,7,12H2,1-6H3;1H/q;+1;;/p-1/t21-;;8-;/m0.0./s1. The predicted molar refractivity (Wildman–Crippen MR) is 288 cm³/mol. The number of amides is 7. The molecule has 0 saturated heterocycles. The molecule has 1 aromatic heterocycles. The maximum atomic E-state index is 13.6. The lowest BCUT2D eigenvalue weighted by Gasteiger charge is -2.32. The van der Waals surface area contributed by atoms with Crippen molar-refractivity contribution in [3.8, 4) is 0 Å². The summed E-state index contributed by atoms with van der Waals surface area (Å²) in [6.45, 7) is 21.8. The highest BCUT2D eigenvalue weighted by atomic mass is 127. The molecule has 2 aliphatic rings. The maximum absolute atomic E-state index is 13.6. The molecular weight excluding hydrogens is 1130 g/mol. The number of ether oxygens (including phenoxy) is 4. The molecule has 20 nitrogen and oxygen atoms in total. The quantitative estimate of drug-likeness (QED) is 0.0721. The first-order valence-corrected chi connectivity index (χ1v) is 25.3. The van der Waals surface area contributed by atoms with Gasteiger partial charge in [0.15, 0.2) is 6.04 Å². The molecule has 424 valence electrons. The number of nitrogens with zero attached hydrogens (tertiary/aromatic N) is 6. The summed E-state index contributed by atoms with van der Waals surface area (Å²) in [6, 6.07) is 27.9. The second-order valence-corrected chi connectivity index (χ2v) is 22.3. The van der Waals surface area contributed by atoms with Gasteiger partial charge >= 0.3 is 24.0 Å². The Morgan fingerprint density at radius 2 is 0.911 bits per heavy atom. The topological polar surface area (TPSA) is 233 Å². The molecule has 0 bridgehead atoms. The van der Waals surface area contributed by atoms with Gasteiger partial charge in [0.05, 0.1) is 66.8 Å². The van der Waals surface area contributed by atoms with Gasteiger partial charge in [0.2, 0.25) is 0 Å². The van der Waals surface area contributed by atoms with Crippen LogP contribution in [0.4, 0.5) is 9.59 Å². The molecule has 7 amide bonds. The van der Waals surface area contributed by atoms with Crippen molar-refractivity contribution >= 4 is 47.6 Å². The zero-order valence-corrected chi connectivity index (χ0v) is 49.3. The second kappa shape index (κ2) is 27.0. The molecule has 0 radical (unpaired) electrons. The average molecular weight is 1200 g/mol. The highest BCUT2D eigenvalue weighted by Crippen LogP contribution is 2.28. The fraction of sp³-hybridized carbons (Fsp3) is 0.397. The molecule has 5 aromatic rings. The Morgan fingerprint density at radius 1 is 0.544 bits per heavy atom. The van der Waals surface area contributed by atoms with Crippen LogP contribution < -0.4 is 39.6 Å². The monoisotopic (exact) mass is 1200 g/mol. The van der Waals surface area contributed by atoms with Gasteiger partial charge in [-0.3, -0.25) is 24.0 Å². The van der Waals surface area contributed by atoms with Gasteiger partial charge in [-0.15, -0.1) is 0 Å². The van der Waals surface area contributed by atoms with Crippen molar-refractivity contribution in [3.63, 3.8) is 0 Å². The van der Waals surface area contributed by atoms with E-state index < -0.39 is 76.5 Å². The van der Waals surface area contributed by atoms with E-state index in [0.717, 1.165) is 20.6 Å². The number of aryl methyl sites for hydroxylation is 1. The number of rotatable bonds is 13. The molecule has 0 spiro atoms. The van der Waals surface area contributed by atoms with Crippen LogP contribution in [0.5, 0.6) is 0 Å². The minimum atomic E-state index is -1.18. The van der Waals surface area contributed by atoms with E-state index in [-0.39, 0.29) is 67.0 Å². The molecule has 2 atom stereocenters.